The normalized spacial score (nSPS) is 20.4. The lowest BCUT2D eigenvalue weighted by molar-refractivity contribution is -0.125. The van der Waals surface area contributed by atoms with Gasteiger partial charge in [0, 0.05) is 19.6 Å². The molecule has 1 fully saturated rings. The molecule has 1 aliphatic rings. The lowest BCUT2D eigenvalue weighted by atomic mass is 9.90. The molecule has 1 atom stereocenters. The van der Waals surface area contributed by atoms with Gasteiger partial charge in [0.15, 0.2) is 0 Å². The van der Waals surface area contributed by atoms with Crippen LogP contribution in [0.25, 0.3) is 0 Å². The lowest BCUT2D eigenvalue weighted by Crippen LogP contribution is -2.54. The van der Waals surface area contributed by atoms with Gasteiger partial charge < -0.3 is 20.9 Å². The number of aliphatic hydroxyl groups excluding tert-OH is 1. The first kappa shape index (κ1) is 15.4. The van der Waals surface area contributed by atoms with Gasteiger partial charge in [-0.3, -0.25) is 4.79 Å². The van der Waals surface area contributed by atoms with Gasteiger partial charge in [-0.05, 0) is 38.1 Å². The molecule has 1 heterocycles. The predicted octanol–water partition coefficient (Wildman–Crippen LogP) is 0.409. The van der Waals surface area contributed by atoms with Crippen LogP contribution in [-0.2, 0) is 9.53 Å². The summed E-state index contributed by atoms with van der Waals surface area (Å²) in [5.74, 6) is 0.496. The van der Waals surface area contributed by atoms with E-state index in [2.05, 4.69) is 12.2 Å². The molecule has 0 radical (unpaired) electrons. The van der Waals surface area contributed by atoms with E-state index >= 15 is 0 Å². The molecule has 0 spiro atoms. The Kier molecular flexibility index (Phi) is 6.60. The second-order valence-electron chi connectivity index (χ2n) is 5.32. The van der Waals surface area contributed by atoms with E-state index in [1.807, 2.05) is 0 Å². The fraction of sp³-hybridized carbons (Fsp3) is 0.923. The quantitative estimate of drug-likeness (QED) is 0.617. The van der Waals surface area contributed by atoms with Crippen molar-refractivity contribution in [2.45, 2.75) is 44.6 Å². The highest BCUT2D eigenvalue weighted by atomic mass is 16.5. The average Bonchev–Trinajstić information content (AvgIpc) is 2.38. The number of nitrogens with two attached hydrogens (primary N) is 1. The van der Waals surface area contributed by atoms with Crippen molar-refractivity contribution in [1.82, 2.24) is 5.32 Å². The van der Waals surface area contributed by atoms with Crippen molar-refractivity contribution in [3.8, 4) is 0 Å². The summed E-state index contributed by atoms with van der Waals surface area (Å²) in [7, 11) is 0. The van der Waals surface area contributed by atoms with Gasteiger partial charge >= 0.3 is 0 Å². The van der Waals surface area contributed by atoms with Crippen molar-refractivity contribution < 1.29 is 14.6 Å². The number of hydrogen-bond donors (Lipinski definition) is 3. The standard InChI is InChI=1S/C13H26N2O3/c1-11(4-7-14)2-3-12(17)15-13(10-16)5-8-18-9-6-13/h11,16H,2-10,14H2,1H3,(H,15,17). The predicted molar refractivity (Wildman–Crippen MR) is 70.1 cm³/mol. The van der Waals surface area contributed by atoms with Gasteiger partial charge in [0.1, 0.15) is 0 Å². The third-order valence-corrected chi connectivity index (χ3v) is 3.68. The van der Waals surface area contributed by atoms with Crippen molar-refractivity contribution in [1.29, 1.82) is 0 Å². The van der Waals surface area contributed by atoms with E-state index in [-0.39, 0.29) is 12.5 Å². The van der Waals surface area contributed by atoms with Crippen molar-refractivity contribution in [2.24, 2.45) is 11.7 Å². The largest absolute Gasteiger partial charge is 0.394 e. The Morgan fingerprint density at radius 3 is 2.67 bits per heavy atom. The third-order valence-electron chi connectivity index (χ3n) is 3.68. The molecule has 1 amide bonds. The molecule has 0 aromatic heterocycles. The molecule has 1 saturated heterocycles. The minimum Gasteiger partial charge on any atom is -0.394 e. The lowest BCUT2D eigenvalue weighted by Gasteiger charge is -2.36. The number of amides is 1. The number of carbonyl (C=O) groups is 1. The van der Waals surface area contributed by atoms with Crippen LogP contribution in [0.15, 0.2) is 0 Å². The smallest absolute Gasteiger partial charge is 0.220 e. The minimum absolute atomic E-state index is 0.0134. The Morgan fingerprint density at radius 2 is 2.11 bits per heavy atom. The number of hydrogen-bond acceptors (Lipinski definition) is 4. The molecular formula is C13H26N2O3. The van der Waals surface area contributed by atoms with Gasteiger partial charge in [-0.2, -0.15) is 0 Å². The van der Waals surface area contributed by atoms with Gasteiger partial charge in [0.25, 0.3) is 0 Å². The zero-order valence-corrected chi connectivity index (χ0v) is 11.3. The molecule has 5 nitrogen and oxygen atoms in total. The van der Waals surface area contributed by atoms with Crippen molar-refractivity contribution in [3.05, 3.63) is 0 Å². The highest BCUT2D eigenvalue weighted by Crippen LogP contribution is 2.20. The van der Waals surface area contributed by atoms with E-state index < -0.39 is 5.54 Å². The molecule has 1 rings (SSSR count). The summed E-state index contributed by atoms with van der Waals surface area (Å²) < 4.78 is 5.26. The van der Waals surface area contributed by atoms with Crippen LogP contribution in [-0.4, -0.2) is 42.9 Å². The minimum atomic E-state index is -0.466. The third kappa shape index (κ3) is 4.92. The van der Waals surface area contributed by atoms with Gasteiger partial charge in [0.05, 0.1) is 12.1 Å². The summed E-state index contributed by atoms with van der Waals surface area (Å²) >= 11 is 0. The first-order valence-electron chi connectivity index (χ1n) is 6.81. The van der Waals surface area contributed by atoms with E-state index in [9.17, 15) is 9.90 Å². The molecule has 1 unspecified atom stereocenters. The first-order valence-corrected chi connectivity index (χ1v) is 6.81. The molecule has 0 aromatic rings. The number of ether oxygens (including phenoxy) is 1. The van der Waals surface area contributed by atoms with E-state index in [1.165, 1.54) is 0 Å². The zero-order valence-electron chi connectivity index (χ0n) is 11.3. The molecule has 0 aromatic carbocycles. The summed E-state index contributed by atoms with van der Waals surface area (Å²) in [5.41, 5.74) is 5.01. The first-order chi connectivity index (χ1) is 8.62. The molecule has 0 saturated carbocycles. The SMILES string of the molecule is CC(CCN)CCC(=O)NC1(CO)CCOCC1. The summed E-state index contributed by atoms with van der Waals surface area (Å²) in [6.07, 6.45) is 3.68. The maximum absolute atomic E-state index is 11.9. The van der Waals surface area contributed by atoms with Gasteiger partial charge in [-0.25, -0.2) is 0 Å². The highest BCUT2D eigenvalue weighted by Gasteiger charge is 2.33. The van der Waals surface area contributed by atoms with Crippen molar-refractivity contribution in [2.75, 3.05) is 26.4 Å². The summed E-state index contributed by atoms with van der Waals surface area (Å²) in [6, 6.07) is 0. The monoisotopic (exact) mass is 258 g/mol. The molecule has 5 heteroatoms. The Morgan fingerprint density at radius 1 is 1.44 bits per heavy atom. The van der Waals surface area contributed by atoms with Crippen LogP contribution in [0.3, 0.4) is 0 Å². The Labute approximate surface area is 109 Å². The average molecular weight is 258 g/mol. The molecule has 0 aliphatic carbocycles. The number of nitrogens with one attached hydrogen (secondary N) is 1. The van der Waals surface area contributed by atoms with Gasteiger partial charge in [-0.1, -0.05) is 6.92 Å². The number of rotatable bonds is 7. The van der Waals surface area contributed by atoms with Crippen LogP contribution in [0.1, 0.15) is 39.0 Å². The molecule has 106 valence electrons. The molecule has 18 heavy (non-hydrogen) atoms. The van der Waals surface area contributed by atoms with E-state index in [0.29, 0.717) is 44.9 Å². The van der Waals surface area contributed by atoms with Crippen LogP contribution < -0.4 is 11.1 Å². The van der Waals surface area contributed by atoms with Crippen LogP contribution in [0.4, 0.5) is 0 Å². The van der Waals surface area contributed by atoms with Crippen LogP contribution in [0, 0.1) is 5.92 Å². The van der Waals surface area contributed by atoms with E-state index in [1.54, 1.807) is 0 Å². The van der Waals surface area contributed by atoms with E-state index in [0.717, 1.165) is 12.8 Å². The summed E-state index contributed by atoms with van der Waals surface area (Å²) in [5, 5.41) is 12.4. The van der Waals surface area contributed by atoms with Crippen LogP contribution in [0.5, 0.6) is 0 Å². The number of aliphatic hydroxyl groups is 1. The van der Waals surface area contributed by atoms with Crippen molar-refractivity contribution in [3.63, 3.8) is 0 Å². The van der Waals surface area contributed by atoms with Gasteiger partial charge in [0.2, 0.25) is 5.91 Å². The fourth-order valence-electron chi connectivity index (χ4n) is 2.25. The fourth-order valence-corrected chi connectivity index (χ4v) is 2.25. The number of carbonyl (C=O) groups excluding carboxylic acids is 1. The second-order valence-corrected chi connectivity index (χ2v) is 5.32. The zero-order chi connectivity index (χ0) is 13.4. The van der Waals surface area contributed by atoms with E-state index in [4.69, 9.17) is 10.5 Å². The van der Waals surface area contributed by atoms with Gasteiger partial charge in [-0.15, -0.1) is 0 Å². The molecule has 4 N–H and O–H groups in total. The topological polar surface area (TPSA) is 84.6 Å². The van der Waals surface area contributed by atoms with Crippen LogP contribution >= 0.6 is 0 Å². The summed E-state index contributed by atoms with van der Waals surface area (Å²) in [6.45, 7) is 3.96. The maximum Gasteiger partial charge on any atom is 0.220 e. The maximum atomic E-state index is 11.9. The second kappa shape index (κ2) is 7.71. The molecular weight excluding hydrogens is 232 g/mol. The Bertz CT molecular complexity index is 253. The molecule has 1 aliphatic heterocycles. The molecule has 0 bridgehead atoms. The van der Waals surface area contributed by atoms with Crippen molar-refractivity contribution >= 4 is 5.91 Å². The summed E-state index contributed by atoms with van der Waals surface area (Å²) in [4.78, 5) is 11.9. The van der Waals surface area contributed by atoms with Crippen LogP contribution in [0.2, 0.25) is 0 Å². The Balaban J connectivity index is 2.33. The Hall–Kier alpha value is -0.650. The highest BCUT2D eigenvalue weighted by molar-refractivity contribution is 5.76.